The van der Waals surface area contributed by atoms with Crippen LogP contribution < -0.4 is 16.1 Å². The van der Waals surface area contributed by atoms with Gasteiger partial charge in [-0.25, -0.2) is 10.1 Å². The summed E-state index contributed by atoms with van der Waals surface area (Å²) in [7, 11) is 2.95. The molecule has 98 valence electrons. The lowest BCUT2D eigenvalue weighted by Gasteiger charge is -2.13. The zero-order valence-corrected chi connectivity index (χ0v) is 9.78. The maximum Gasteiger partial charge on any atom is 0.322 e. The first kappa shape index (κ1) is 15.1. The number of carbonyl (C=O) groups excluding carboxylic acids is 1. The Balaban J connectivity index is 3.72. The van der Waals surface area contributed by atoms with Crippen LogP contribution in [0.3, 0.4) is 0 Å². The molecule has 0 aliphatic heterocycles. The lowest BCUT2D eigenvalue weighted by molar-refractivity contribution is -0.525. The van der Waals surface area contributed by atoms with Crippen LogP contribution in [0.2, 0.25) is 0 Å². The van der Waals surface area contributed by atoms with Crippen molar-refractivity contribution >= 4 is 11.9 Å². The third kappa shape index (κ3) is 7.06. The van der Waals surface area contributed by atoms with E-state index < -0.39 is 11.1 Å². The SMILES string of the molecule is CN[C@@H](CCCNC(=N)N[N+](=O)[O-])C(=O)OC. The highest BCUT2D eigenvalue weighted by Crippen LogP contribution is 1.97. The number of likely N-dealkylation sites (N-methyl/N-ethyl adjacent to an activating group) is 1. The molecule has 9 nitrogen and oxygen atoms in total. The number of guanidine groups is 1. The molecule has 0 rings (SSSR count). The fourth-order valence-electron chi connectivity index (χ4n) is 1.17. The lowest BCUT2D eigenvalue weighted by Crippen LogP contribution is -2.41. The Kier molecular flexibility index (Phi) is 7.35. The number of hydrogen-bond donors (Lipinski definition) is 4. The Bertz CT molecular complexity index is 283. The Hall–Kier alpha value is -1.90. The summed E-state index contributed by atoms with van der Waals surface area (Å²) >= 11 is 0. The number of nitrogens with one attached hydrogen (secondary N) is 4. The summed E-state index contributed by atoms with van der Waals surface area (Å²) in [5.74, 6) is -0.736. The van der Waals surface area contributed by atoms with Gasteiger partial charge in [0.2, 0.25) is 0 Å². The van der Waals surface area contributed by atoms with Crippen molar-refractivity contribution in [2.45, 2.75) is 18.9 Å². The van der Waals surface area contributed by atoms with E-state index in [0.29, 0.717) is 19.4 Å². The van der Waals surface area contributed by atoms with Crippen molar-refractivity contribution in [2.24, 2.45) is 0 Å². The number of esters is 1. The summed E-state index contributed by atoms with van der Waals surface area (Å²) in [5, 5.41) is 21.5. The minimum atomic E-state index is -0.819. The first-order chi connectivity index (χ1) is 8.01. The van der Waals surface area contributed by atoms with Crippen LogP contribution in [-0.4, -0.2) is 43.7 Å². The van der Waals surface area contributed by atoms with Gasteiger partial charge in [-0.2, -0.15) is 0 Å². The monoisotopic (exact) mass is 247 g/mol. The van der Waals surface area contributed by atoms with Gasteiger partial charge in [0, 0.05) is 6.54 Å². The van der Waals surface area contributed by atoms with Gasteiger partial charge in [0.1, 0.15) is 6.04 Å². The molecule has 0 spiro atoms. The Morgan fingerprint density at radius 1 is 1.59 bits per heavy atom. The molecular weight excluding hydrogens is 230 g/mol. The van der Waals surface area contributed by atoms with Crippen LogP contribution >= 0.6 is 0 Å². The van der Waals surface area contributed by atoms with E-state index in [1.165, 1.54) is 7.11 Å². The highest BCUT2D eigenvalue weighted by atomic mass is 16.7. The molecule has 0 aromatic rings. The topological polar surface area (TPSA) is 129 Å². The molecule has 0 aliphatic rings. The number of nitrogens with zero attached hydrogens (tertiary/aromatic N) is 1. The van der Waals surface area contributed by atoms with Crippen molar-refractivity contribution in [3.63, 3.8) is 0 Å². The van der Waals surface area contributed by atoms with Crippen LogP contribution in [-0.2, 0) is 9.53 Å². The van der Waals surface area contributed by atoms with E-state index in [4.69, 9.17) is 5.41 Å². The summed E-state index contributed by atoms with van der Waals surface area (Å²) in [4.78, 5) is 21.1. The van der Waals surface area contributed by atoms with Crippen molar-refractivity contribution in [3.8, 4) is 0 Å². The van der Waals surface area contributed by atoms with Crippen LogP contribution in [0, 0.1) is 15.5 Å². The van der Waals surface area contributed by atoms with E-state index in [0.717, 1.165) is 0 Å². The second-order valence-electron chi connectivity index (χ2n) is 3.18. The van der Waals surface area contributed by atoms with E-state index in [1.54, 1.807) is 12.5 Å². The summed E-state index contributed by atoms with van der Waals surface area (Å²) in [6.07, 6.45) is 1.09. The number of carbonyl (C=O) groups is 1. The van der Waals surface area contributed by atoms with Gasteiger partial charge >= 0.3 is 5.97 Å². The minimum absolute atomic E-state index is 0.356. The second kappa shape index (κ2) is 8.28. The Morgan fingerprint density at radius 3 is 2.71 bits per heavy atom. The van der Waals surface area contributed by atoms with Gasteiger partial charge in [0.25, 0.3) is 5.96 Å². The van der Waals surface area contributed by atoms with Gasteiger partial charge < -0.3 is 15.4 Å². The standard InChI is InChI=1S/C8H17N5O4/c1-10-6(7(14)17-2)4-3-5-11-8(9)12-13(15)16/h6,10H,3-5H2,1-2H3,(H3,9,11,12)/t6-/m0/s1. The first-order valence-corrected chi connectivity index (χ1v) is 4.99. The third-order valence-electron chi connectivity index (χ3n) is 2.01. The number of methoxy groups -OCH3 is 1. The predicted octanol–water partition coefficient (Wildman–Crippen LogP) is -1.17. The van der Waals surface area contributed by atoms with Crippen molar-refractivity contribution < 1.29 is 14.6 Å². The van der Waals surface area contributed by atoms with Crippen molar-refractivity contribution in [2.75, 3.05) is 20.7 Å². The molecule has 0 aliphatic carbocycles. The normalized spacial score (nSPS) is 11.4. The van der Waals surface area contributed by atoms with Crippen LogP contribution in [0.1, 0.15) is 12.8 Å². The molecule has 9 heteroatoms. The predicted molar refractivity (Wildman–Crippen MR) is 60.0 cm³/mol. The molecule has 0 amide bonds. The van der Waals surface area contributed by atoms with Gasteiger partial charge in [0.05, 0.1) is 7.11 Å². The fourth-order valence-corrected chi connectivity index (χ4v) is 1.17. The first-order valence-electron chi connectivity index (χ1n) is 4.99. The highest BCUT2D eigenvalue weighted by molar-refractivity contribution is 5.76. The molecule has 0 fully saturated rings. The molecule has 0 saturated heterocycles. The number of hydrogen-bond acceptors (Lipinski definition) is 6. The molecule has 0 bridgehead atoms. The number of ether oxygens (including phenoxy) is 1. The Morgan fingerprint density at radius 2 is 2.24 bits per heavy atom. The second-order valence-corrected chi connectivity index (χ2v) is 3.18. The maximum atomic E-state index is 11.2. The van der Waals surface area contributed by atoms with Crippen LogP contribution in [0.5, 0.6) is 0 Å². The van der Waals surface area contributed by atoms with Crippen LogP contribution in [0.4, 0.5) is 0 Å². The van der Waals surface area contributed by atoms with E-state index in [2.05, 4.69) is 15.4 Å². The molecule has 17 heavy (non-hydrogen) atoms. The minimum Gasteiger partial charge on any atom is -0.468 e. The fraction of sp³-hybridized carbons (Fsp3) is 0.750. The van der Waals surface area contributed by atoms with E-state index in [1.807, 2.05) is 0 Å². The van der Waals surface area contributed by atoms with Crippen molar-refractivity contribution in [1.29, 1.82) is 5.41 Å². The highest BCUT2D eigenvalue weighted by Gasteiger charge is 2.15. The molecule has 0 saturated carbocycles. The van der Waals surface area contributed by atoms with Gasteiger partial charge in [-0.05, 0) is 19.9 Å². The smallest absolute Gasteiger partial charge is 0.322 e. The van der Waals surface area contributed by atoms with Crippen molar-refractivity contribution in [3.05, 3.63) is 10.1 Å². The number of rotatable bonds is 7. The third-order valence-corrected chi connectivity index (χ3v) is 2.01. The molecule has 0 radical (unpaired) electrons. The number of nitro groups is 1. The maximum absolute atomic E-state index is 11.2. The summed E-state index contributed by atoms with van der Waals surface area (Å²) in [5.41, 5.74) is 1.67. The molecule has 0 unspecified atom stereocenters. The van der Waals surface area contributed by atoms with Gasteiger partial charge in [0.15, 0.2) is 5.03 Å². The van der Waals surface area contributed by atoms with Crippen molar-refractivity contribution in [1.82, 2.24) is 16.1 Å². The van der Waals surface area contributed by atoms with Gasteiger partial charge in [-0.3, -0.25) is 10.2 Å². The van der Waals surface area contributed by atoms with E-state index in [9.17, 15) is 14.9 Å². The molecule has 0 aromatic heterocycles. The van der Waals surface area contributed by atoms with Gasteiger partial charge in [-0.15, -0.1) is 0 Å². The Labute approximate surface area is 98.5 Å². The van der Waals surface area contributed by atoms with Gasteiger partial charge in [-0.1, -0.05) is 5.43 Å². The number of hydrazine groups is 1. The average Bonchev–Trinajstić information content (AvgIpc) is 2.27. The van der Waals surface area contributed by atoms with Crippen LogP contribution in [0.15, 0.2) is 0 Å². The zero-order chi connectivity index (χ0) is 13.3. The average molecular weight is 247 g/mol. The molecule has 1 atom stereocenters. The molecule has 0 aromatic carbocycles. The summed E-state index contributed by atoms with van der Waals surface area (Å²) < 4.78 is 4.57. The lowest BCUT2D eigenvalue weighted by atomic mass is 10.1. The van der Waals surface area contributed by atoms with E-state index >= 15 is 0 Å². The quantitative estimate of drug-likeness (QED) is 0.111. The molecule has 0 heterocycles. The zero-order valence-electron chi connectivity index (χ0n) is 9.78. The molecular formula is C8H17N5O4. The largest absolute Gasteiger partial charge is 0.468 e. The van der Waals surface area contributed by atoms with Crippen LogP contribution in [0.25, 0.3) is 0 Å². The molecule has 4 N–H and O–H groups in total. The summed E-state index contributed by atoms with van der Waals surface area (Å²) in [6.45, 7) is 0.356. The summed E-state index contributed by atoms with van der Waals surface area (Å²) in [6, 6.07) is -0.403. The van der Waals surface area contributed by atoms with E-state index in [-0.39, 0.29) is 11.9 Å².